The van der Waals surface area contributed by atoms with Crippen LogP contribution in [0.1, 0.15) is 10.4 Å². The van der Waals surface area contributed by atoms with Crippen molar-refractivity contribution in [1.29, 1.82) is 0 Å². The Hall–Kier alpha value is -2.27. The molecule has 0 fully saturated rings. The largest absolute Gasteiger partial charge is 0.399 e. The van der Waals surface area contributed by atoms with Crippen LogP contribution in [-0.2, 0) is 7.05 Å². The quantitative estimate of drug-likeness (QED) is 0.823. The molecule has 0 atom stereocenters. The zero-order valence-electron chi connectivity index (χ0n) is 10.2. The summed E-state index contributed by atoms with van der Waals surface area (Å²) in [6.07, 6.45) is 1.53. The van der Waals surface area contributed by atoms with Gasteiger partial charge in [0.1, 0.15) is 0 Å². The number of amides is 1. The highest BCUT2D eigenvalue weighted by Gasteiger charge is 2.11. The molecule has 0 saturated carbocycles. The van der Waals surface area contributed by atoms with Gasteiger partial charge in [0.2, 0.25) is 5.56 Å². The third-order valence-corrected chi connectivity index (χ3v) is 2.89. The van der Waals surface area contributed by atoms with E-state index in [2.05, 4.69) is 5.32 Å². The van der Waals surface area contributed by atoms with Crippen LogP contribution >= 0.6 is 11.6 Å². The SMILES string of the molecule is Cn1cc(NC(=O)c2ccc(N)cc2Cl)ccc1=O. The number of nitrogens with zero attached hydrogens (tertiary/aromatic N) is 1. The highest BCUT2D eigenvalue weighted by atomic mass is 35.5. The molecule has 0 unspecified atom stereocenters. The minimum atomic E-state index is -0.358. The lowest BCUT2D eigenvalue weighted by Gasteiger charge is -2.08. The van der Waals surface area contributed by atoms with Crippen molar-refractivity contribution in [2.75, 3.05) is 11.1 Å². The third kappa shape index (κ3) is 2.95. The molecule has 2 rings (SSSR count). The number of nitrogens with one attached hydrogen (secondary N) is 1. The molecule has 0 spiro atoms. The van der Waals surface area contributed by atoms with E-state index in [4.69, 9.17) is 17.3 Å². The smallest absolute Gasteiger partial charge is 0.257 e. The molecule has 0 bridgehead atoms. The zero-order chi connectivity index (χ0) is 14.0. The van der Waals surface area contributed by atoms with Gasteiger partial charge in [0, 0.05) is 25.0 Å². The average molecular weight is 278 g/mol. The van der Waals surface area contributed by atoms with Crippen LogP contribution in [0.3, 0.4) is 0 Å². The Labute approximate surface area is 114 Å². The molecule has 98 valence electrons. The maximum absolute atomic E-state index is 12.0. The van der Waals surface area contributed by atoms with Crippen LogP contribution in [0.2, 0.25) is 5.02 Å². The molecule has 5 nitrogen and oxygen atoms in total. The van der Waals surface area contributed by atoms with Gasteiger partial charge in [-0.25, -0.2) is 0 Å². The monoisotopic (exact) mass is 277 g/mol. The Morgan fingerprint density at radius 3 is 2.68 bits per heavy atom. The molecule has 1 amide bonds. The van der Waals surface area contributed by atoms with Crippen molar-refractivity contribution < 1.29 is 4.79 Å². The normalized spacial score (nSPS) is 10.2. The highest BCUT2D eigenvalue weighted by Crippen LogP contribution is 2.20. The van der Waals surface area contributed by atoms with Gasteiger partial charge in [0.15, 0.2) is 0 Å². The number of aryl methyl sites for hydroxylation is 1. The number of hydrogen-bond donors (Lipinski definition) is 2. The minimum absolute atomic E-state index is 0.150. The molecule has 0 aliphatic rings. The number of carbonyl (C=O) groups excluding carboxylic acids is 1. The number of halogens is 1. The van der Waals surface area contributed by atoms with E-state index >= 15 is 0 Å². The van der Waals surface area contributed by atoms with Gasteiger partial charge in [-0.05, 0) is 24.3 Å². The van der Waals surface area contributed by atoms with Gasteiger partial charge in [-0.3, -0.25) is 9.59 Å². The predicted molar refractivity (Wildman–Crippen MR) is 75.5 cm³/mol. The van der Waals surface area contributed by atoms with Gasteiger partial charge >= 0.3 is 0 Å². The molecule has 0 saturated heterocycles. The number of anilines is 2. The fourth-order valence-electron chi connectivity index (χ4n) is 1.58. The Balaban J connectivity index is 2.25. The second-order valence-electron chi connectivity index (χ2n) is 4.06. The molecule has 0 aliphatic carbocycles. The first-order valence-electron chi connectivity index (χ1n) is 5.50. The van der Waals surface area contributed by atoms with Gasteiger partial charge in [-0.1, -0.05) is 11.6 Å². The standard InChI is InChI=1S/C13H12ClN3O2/c1-17-7-9(3-5-12(17)18)16-13(19)10-4-2-8(15)6-11(10)14/h2-7H,15H2,1H3,(H,16,19). The molecule has 0 aliphatic heterocycles. The first-order valence-corrected chi connectivity index (χ1v) is 5.88. The Morgan fingerprint density at radius 2 is 2.05 bits per heavy atom. The van der Waals surface area contributed by atoms with Gasteiger partial charge < -0.3 is 15.6 Å². The molecular weight excluding hydrogens is 266 g/mol. The summed E-state index contributed by atoms with van der Waals surface area (Å²) in [5.74, 6) is -0.358. The van der Waals surface area contributed by atoms with Crippen molar-refractivity contribution in [2.45, 2.75) is 0 Å². The number of hydrogen-bond acceptors (Lipinski definition) is 3. The number of benzene rings is 1. The lowest BCUT2D eigenvalue weighted by atomic mass is 10.2. The summed E-state index contributed by atoms with van der Waals surface area (Å²) in [7, 11) is 1.61. The van der Waals surface area contributed by atoms with Gasteiger partial charge in [-0.15, -0.1) is 0 Å². The maximum Gasteiger partial charge on any atom is 0.257 e. The van der Waals surface area contributed by atoms with E-state index in [1.54, 1.807) is 19.2 Å². The number of nitrogen functional groups attached to an aromatic ring is 1. The first kappa shape index (κ1) is 13.2. The van der Waals surface area contributed by atoms with E-state index in [0.717, 1.165) is 0 Å². The van der Waals surface area contributed by atoms with Crippen molar-refractivity contribution in [1.82, 2.24) is 4.57 Å². The second-order valence-corrected chi connectivity index (χ2v) is 4.47. The van der Waals surface area contributed by atoms with Crippen LogP contribution in [0.25, 0.3) is 0 Å². The van der Waals surface area contributed by atoms with Crippen LogP contribution in [0.4, 0.5) is 11.4 Å². The second kappa shape index (κ2) is 5.16. The number of carbonyl (C=O) groups is 1. The molecule has 0 radical (unpaired) electrons. The minimum Gasteiger partial charge on any atom is -0.399 e. The van der Waals surface area contributed by atoms with Crippen molar-refractivity contribution >= 4 is 28.9 Å². The first-order chi connectivity index (χ1) is 8.97. The van der Waals surface area contributed by atoms with E-state index in [9.17, 15) is 9.59 Å². The Bertz CT molecular complexity index is 695. The van der Waals surface area contributed by atoms with Crippen molar-refractivity contribution in [3.8, 4) is 0 Å². The van der Waals surface area contributed by atoms with E-state index in [0.29, 0.717) is 16.9 Å². The highest BCUT2D eigenvalue weighted by molar-refractivity contribution is 6.34. The number of aromatic nitrogens is 1. The molecule has 19 heavy (non-hydrogen) atoms. The summed E-state index contributed by atoms with van der Waals surface area (Å²) in [4.78, 5) is 23.3. The molecule has 1 aromatic heterocycles. The van der Waals surface area contributed by atoms with E-state index < -0.39 is 0 Å². The van der Waals surface area contributed by atoms with E-state index in [1.165, 1.54) is 29.0 Å². The summed E-state index contributed by atoms with van der Waals surface area (Å²) >= 11 is 5.95. The van der Waals surface area contributed by atoms with Crippen molar-refractivity contribution in [3.05, 3.63) is 57.5 Å². The summed E-state index contributed by atoms with van der Waals surface area (Å²) in [6.45, 7) is 0. The molecular formula is C13H12ClN3O2. The zero-order valence-corrected chi connectivity index (χ0v) is 10.9. The summed E-state index contributed by atoms with van der Waals surface area (Å²) in [6, 6.07) is 7.57. The van der Waals surface area contributed by atoms with Crippen LogP contribution in [0.5, 0.6) is 0 Å². The van der Waals surface area contributed by atoms with Gasteiger partial charge in [-0.2, -0.15) is 0 Å². The van der Waals surface area contributed by atoms with Crippen LogP contribution in [0, 0.1) is 0 Å². The predicted octanol–water partition coefficient (Wildman–Crippen LogP) is 1.87. The molecule has 6 heteroatoms. The van der Waals surface area contributed by atoms with Crippen LogP contribution in [0.15, 0.2) is 41.3 Å². The fraction of sp³-hybridized carbons (Fsp3) is 0.0769. The average Bonchev–Trinajstić information content (AvgIpc) is 2.33. The molecule has 1 aromatic carbocycles. The molecule has 2 aromatic rings. The van der Waals surface area contributed by atoms with Gasteiger partial charge in [0.25, 0.3) is 5.91 Å². The van der Waals surface area contributed by atoms with Crippen LogP contribution in [-0.4, -0.2) is 10.5 Å². The Morgan fingerprint density at radius 1 is 1.32 bits per heavy atom. The van der Waals surface area contributed by atoms with Crippen molar-refractivity contribution in [3.63, 3.8) is 0 Å². The lowest BCUT2D eigenvalue weighted by Crippen LogP contribution is -2.18. The van der Waals surface area contributed by atoms with E-state index in [1.807, 2.05) is 0 Å². The Kier molecular flexibility index (Phi) is 3.57. The number of rotatable bonds is 2. The van der Waals surface area contributed by atoms with Gasteiger partial charge in [0.05, 0.1) is 16.3 Å². The number of pyridine rings is 1. The van der Waals surface area contributed by atoms with Crippen LogP contribution < -0.4 is 16.6 Å². The summed E-state index contributed by atoms with van der Waals surface area (Å²) in [5, 5.41) is 2.94. The topological polar surface area (TPSA) is 77.1 Å². The summed E-state index contributed by atoms with van der Waals surface area (Å²) < 4.78 is 1.38. The van der Waals surface area contributed by atoms with Crippen molar-refractivity contribution in [2.24, 2.45) is 7.05 Å². The summed E-state index contributed by atoms with van der Waals surface area (Å²) in [5.41, 5.74) is 6.74. The maximum atomic E-state index is 12.0. The number of nitrogens with two attached hydrogens (primary N) is 1. The molecule has 3 N–H and O–H groups in total. The fourth-order valence-corrected chi connectivity index (χ4v) is 1.86. The molecule has 1 heterocycles. The van der Waals surface area contributed by atoms with E-state index in [-0.39, 0.29) is 16.5 Å². The lowest BCUT2D eigenvalue weighted by molar-refractivity contribution is 0.102. The third-order valence-electron chi connectivity index (χ3n) is 2.58.